The molecule has 0 radical (unpaired) electrons. The van der Waals surface area contributed by atoms with Gasteiger partial charge in [0.05, 0.1) is 0 Å². The first kappa shape index (κ1) is 24.1. The Morgan fingerprint density at radius 2 is 1.81 bits per heavy atom. The van der Waals surface area contributed by atoms with Crippen molar-refractivity contribution in [2.24, 2.45) is 0 Å². The zero-order valence-corrected chi connectivity index (χ0v) is 19.9. The van der Waals surface area contributed by atoms with Crippen LogP contribution in [0.3, 0.4) is 0 Å². The lowest BCUT2D eigenvalue weighted by Crippen LogP contribution is -2.42. The molecular weight excluding hydrogens is 449 g/mol. The minimum Gasteiger partial charge on any atom is -0.354 e. The van der Waals surface area contributed by atoms with Gasteiger partial charge >= 0.3 is 6.03 Å². The number of hydrogen-bond acceptors (Lipinski definition) is 3. The maximum atomic E-state index is 12.9. The van der Waals surface area contributed by atoms with Crippen LogP contribution in [0.2, 0.25) is 10.0 Å². The molecule has 1 aliphatic heterocycles. The van der Waals surface area contributed by atoms with Crippen LogP contribution in [0, 0.1) is 6.92 Å². The van der Waals surface area contributed by atoms with Crippen molar-refractivity contribution in [1.29, 1.82) is 0 Å². The Bertz CT molecular complexity index is 1010. The maximum Gasteiger partial charge on any atom is 0.332 e. The first-order valence-electron chi connectivity index (χ1n) is 10.7. The number of imide groups is 1. The first-order chi connectivity index (χ1) is 15.2. The fourth-order valence-corrected chi connectivity index (χ4v) is 4.46. The van der Waals surface area contributed by atoms with Gasteiger partial charge in [-0.2, -0.15) is 0 Å². The molecule has 8 heteroatoms. The van der Waals surface area contributed by atoms with Crippen molar-refractivity contribution in [3.63, 3.8) is 0 Å². The zero-order chi connectivity index (χ0) is 23.4. The van der Waals surface area contributed by atoms with E-state index in [1.165, 1.54) is 4.90 Å². The molecule has 0 aromatic heterocycles. The second-order valence-electron chi connectivity index (χ2n) is 8.04. The fraction of sp³-hybridized carbons (Fsp3) is 0.375. The number of urea groups is 1. The highest BCUT2D eigenvalue weighted by molar-refractivity contribution is 6.35. The van der Waals surface area contributed by atoms with Crippen molar-refractivity contribution >= 4 is 46.7 Å². The Morgan fingerprint density at radius 3 is 2.44 bits per heavy atom. The molecule has 2 aromatic rings. The number of halogens is 2. The van der Waals surface area contributed by atoms with Gasteiger partial charge in [-0.05, 0) is 50.1 Å². The minimum atomic E-state index is -0.668. The van der Waals surface area contributed by atoms with E-state index in [-0.39, 0.29) is 12.5 Å². The Labute approximate surface area is 198 Å². The van der Waals surface area contributed by atoms with Crippen molar-refractivity contribution in [3.05, 3.63) is 63.6 Å². The molecule has 32 heavy (non-hydrogen) atoms. The highest BCUT2D eigenvalue weighted by Gasteiger charge is 2.44. The van der Waals surface area contributed by atoms with Crippen molar-refractivity contribution in [3.8, 4) is 0 Å². The number of rotatable bonds is 8. The van der Waals surface area contributed by atoms with Crippen LogP contribution in [0.4, 0.5) is 10.5 Å². The summed E-state index contributed by atoms with van der Waals surface area (Å²) in [6.07, 6.45) is 1.73. The Balaban J connectivity index is 1.66. The molecule has 1 aliphatic rings. The van der Waals surface area contributed by atoms with Crippen molar-refractivity contribution in [2.45, 2.75) is 45.6 Å². The van der Waals surface area contributed by atoms with E-state index in [1.54, 1.807) is 31.2 Å². The summed E-state index contributed by atoms with van der Waals surface area (Å²) in [5, 5.41) is 3.96. The minimum absolute atomic E-state index is 0.00155. The number of nitrogens with zero attached hydrogens (tertiary/aromatic N) is 2. The number of carbonyl (C=O) groups excluding carboxylic acids is 3. The fourth-order valence-electron chi connectivity index (χ4n) is 3.90. The molecule has 2 atom stereocenters. The Hall–Kier alpha value is -2.57. The monoisotopic (exact) mass is 475 g/mol. The van der Waals surface area contributed by atoms with E-state index in [0.29, 0.717) is 22.3 Å². The van der Waals surface area contributed by atoms with E-state index >= 15 is 0 Å². The summed E-state index contributed by atoms with van der Waals surface area (Å²) in [6.45, 7) is 5.70. The Morgan fingerprint density at radius 1 is 1.12 bits per heavy atom. The molecule has 1 fully saturated rings. The summed E-state index contributed by atoms with van der Waals surface area (Å²) in [6, 6.07) is 11.5. The predicted molar refractivity (Wildman–Crippen MR) is 127 cm³/mol. The summed E-state index contributed by atoms with van der Waals surface area (Å²) < 4.78 is 0. The highest BCUT2D eigenvalue weighted by Crippen LogP contribution is 2.30. The summed E-state index contributed by atoms with van der Waals surface area (Å²) in [4.78, 5) is 40.7. The number of carbonyl (C=O) groups is 3. The molecule has 2 aromatic carbocycles. The molecule has 0 saturated carbocycles. The van der Waals surface area contributed by atoms with E-state index in [0.717, 1.165) is 28.9 Å². The number of anilines is 1. The third kappa shape index (κ3) is 5.25. The number of aryl methyl sites for hydroxylation is 1. The quantitative estimate of drug-likeness (QED) is 0.536. The van der Waals surface area contributed by atoms with Gasteiger partial charge in [-0.15, -0.1) is 0 Å². The molecule has 4 amide bonds. The number of amides is 4. The lowest BCUT2D eigenvalue weighted by molar-refractivity contribution is -0.131. The van der Waals surface area contributed by atoms with Crippen molar-refractivity contribution < 1.29 is 14.4 Å². The summed E-state index contributed by atoms with van der Waals surface area (Å²) in [7, 11) is 0. The standard InChI is InChI=1S/C24H27Cl2N3O3/c1-4-5-17(20-11-8-18(25)12-21(20)26)13-27-22(30)14-28-23(31)16(3)29(24(28)32)19-9-6-15(2)7-10-19/h6-12,16-17H,4-5,13-14H2,1-3H3,(H,27,30)/t16-,17-/m1/s1. The zero-order valence-electron chi connectivity index (χ0n) is 18.4. The van der Waals surface area contributed by atoms with Crippen molar-refractivity contribution in [1.82, 2.24) is 10.2 Å². The molecule has 1 N–H and O–H groups in total. The van der Waals surface area contributed by atoms with E-state index in [9.17, 15) is 14.4 Å². The SMILES string of the molecule is CCC[C@H](CNC(=O)CN1C(=O)[C@@H](C)N(c2ccc(C)cc2)C1=O)c1ccc(Cl)cc1Cl. The van der Waals surface area contributed by atoms with Gasteiger partial charge in [0.1, 0.15) is 12.6 Å². The molecule has 3 rings (SSSR count). The smallest absolute Gasteiger partial charge is 0.332 e. The molecular formula is C24H27Cl2N3O3. The first-order valence-corrected chi connectivity index (χ1v) is 11.4. The molecule has 0 spiro atoms. The largest absolute Gasteiger partial charge is 0.354 e. The average Bonchev–Trinajstić information content (AvgIpc) is 2.95. The van der Waals surface area contributed by atoms with Gasteiger partial charge in [0.25, 0.3) is 5.91 Å². The second kappa shape index (κ2) is 10.4. The summed E-state index contributed by atoms with van der Waals surface area (Å²) in [5.41, 5.74) is 2.59. The molecule has 0 bridgehead atoms. The highest BCUT2D eigenvalue weighted by atomic mass is 35.5. The summed E-state index contributed by atoms with van der Waals surface area (Å²) >= 11 is 12.3. The van der Waals surface area contributed by atoms with Crippen LogP contribution in [-0.2, 0) is 9.59 Å². The normalized spacial score (nSPS) is 17.1. The van der Waals surface area contributed by atoms with Crippen LogP contribution >= 0.6 is 23.2 Å². The molecule has 6 nitrogen and oxygen atoms in total. The molecule has 1 heterocycles. The van der Waals surface area contributed by atoms with Crippen LogP contribution in [0.15, 0.2) is 42.5 Å². The van der Waals surface area contributed by atoms with Gasteiger partial charge in [0, 0.05) is 28.2 Å². The number of benzene rings is 2. The second-order valence-corrected chi connectivity index (χ2v) is 8.89. The van der Waals surface area contributed by atoms with Gasteiger partial charge in [-0.1, -0.05) is 60.3 Å². The van der Waals surface area contributed by atoms with E-state index in [4.69, 9.17) is 23.2 Å². The van der Waals surface area contributed by atoms with Gasteiger partial charge in [0.15, 0.2) is 0 Å². The number of nitrogens with one attached hydrogen (secondary N) is 1. The average molecular weight is 476 g/mol. The molecule has 170 valence electrons. The number of hydrogen-bond donors (Lipinski definition) is 1. The third-order valence-electron chi connectivity index (χ3n) is 5.65. The topological polar surface area (TPSA) is 69.7 Å². The van der Waals surface area contributed by atoms with Crippen LogP contribution in [0.1, 0.15) is 43.7 Å². The van der Waals surface area contributed by atoms with Crippen LogP contribution in [0.5, 0.6) is 0 Å². The predicted octanol–water partition coefficient (Wildman–Crippen LogP) is 5.16. The third-order valence-corrected chi connectivity index (χ3v) is 6.21. The molecule has 0 unspecified atom stereocenters. The van der Waals surface area contributed by atoms with Gasteiger partial charge in [-0.3, -0.25) is 19.4 Å². The van der Waals surface area contributed by atoms with E-state index < -0.39 is 23.9 Å². The van der Waals surface area contributed by atoms with Gasteiger partial charge < -0.3 is 5.32 Å². The van der Waals surface area contributed by atoms with Crippen molar-refractivity contribution in [2.75, 3.05) is 18.0 Å². The van der Waals surface area contributed by atoms with E-state index in [1.807, 2.05) is 25.1 Å². The lowest BCUT2D eigenvalue weighted by atomic mass is 9.94. The van der Waals surface area contributed by atoms with Gasteiger partial charge in [0.2, 0.25) is 5.91 Å². The summed E-state index contributed by atoms with van der Waals surface area (Å²) in [5.74, 6) is -0.783. The Kier molecular flexibility index (Phi) is 7.80. The van der Waals surface area contributed by atoms with Crippen LogP contribution < -0.4 is 10.2 Å². The molecule has 1 saturated heterocycles. The lowest BCUT2D eigenvalue weighted by Gasteiger charge is -2.21. The van der Waals surface area contributed by atoms with Crippen LogP contribution in [0.25, 0.3) is 0 Å². The van der Waals surface area contributed by atoms with E-state index in [2.05, 4.69) is 12.2 Å². The molecule has 0 aliphatic carbocycles. The van der Waals surface area contributed by atoms with Gasteiger partial charge in [-0.25, -0.2) is 4.79 Å². The maximum absolute atomic E-state index is 12.9. The van der Waals surface area contributed by atoms with Crippen LogP contribution in [-0.4, -0.2) is 41.9 Å².